The lowest BCUT2D eigenvalue weighted by Crippen LogP contribution is -2.09. The van der Waals surface area contributed by atoms with E-state index < -0.39 is 28.1 Å². The molecule has 110 valence electrons. The first-order valence-corrected chi connectivity index (χ1v) is 5.72. The molecule has 0 amide bonds. The van der Waals surface area contributed by atoms with Gasteiger partial charge in [-0.05, 0) is 12.1 Å². The summed E-state index contributed by atoms with van der Waals surface area (Å²) < 4.78 is 0. The lowest BCUT2D eigenvalue weighted by molar-refractivity contribution is -0.384. The fourth-order valence-electron chi connectivity index (χ4n) is 1.25. The van der Waals surface area contributed by atoms with E-state index in [9.17, 15) is 24.8 Å². The summed E-state index contributed by atoms with van der Waals surface area (Å²) in [5.41, 5.74) is -0.661. The number of rotatable bonds is 6. The van der Waals surface area contributed by atoms with E-state index in [4.69, 9.17) is 5.11 Å². The molecule has 1 rings (SSSR count). The molecule has 0 radical (unpaired) electrons. The summed E-state index contributed by atoms with van der Waals surface area (Å²) in [6, 6.07) is 4.90. The number of azo groups is 1. The maximum absolute atomic E-state index is 11.5. The molecule has 0 aliphatic rings. The summed E-state index contributed by atoms with van der Waals surface area (Å²) in [4.78, 5) is 32.0. The molecule has 9 heteroatoms. The molecule has 0 aliphatic heterocycles. The van der Waals surface area contributed by atoms with Crippen LogP contribution in [-0.2, 0) is 9.59 Å². The third kappa shape index (κ3) is 4.20. The van der Waals surface area contributed by atoms with Crippen molar-refractivity contribution < 1.29 is 24.7 Å². The zero-order valence-electron chi connectivity index (χ0n) is 10.9. The lowest BCUT2D eigenvalue weighted by Gasteiger charge is -1.99. The van der Waals surface area contributed by atoms with Crippen molar-refractivity contribution in [3.63, 3.8) is 0 Å². The zero-order chi connectivity index (χ0) is 16.0. The molecule has 0 saturated heterocycles. The summed E-state index contributed by atoms with van der Waals surface area (Å²) >= 11 is 0. The number of aliphatic hydroxyl groups excluding tert-OH is 1. The number of aliphatic carboxylic acids is 1. The number of non-ortho nitro benzene ring substituents is 1. The van der Waals surface area contributed by atoms with E-state index in [0.29, 0.717) is 0 Å². The summed E-state index contributed by atoms with van der Waals surface area (Å²) in [6.07, 6.45) is -0.0635. The Morgan fingerprint density at radius 3 is 2.24 bits per heavy atom. The smallest absolute Gasteiger partial charge is 0.373 e. The first-order valence-electron chi connectivity index (χ1n) is 5.72. The van der Waals surface area contributed by atoms with Gasteiger partial charge in [-0.3, -0.25) is 14.9 Å². The second kappa shape index (κ2) is 6.89. The maximum atomic E-state index is 11.5. The minimum absolute atomic E-state index is 0.0635. The summed E-state index contributed by atoms with van der Waals surface area (Å²) in [5.74, 6) is -3.59. The van der Waals surface area contributed by atoms with Crippen LogP contribution in [0.2, 0.25) is 0 Å². The number of aliphatic hydroxyl groups is 1. The number of allylic oxidation sites excluding steroid dienone is 1. The van der Waals surface area contributed by atoms with Gasteiger partial charge in [0.2, 0.25) is 5.76 Å². The van der Waals surface area contributed by atoms with Crippen molar-refractivity contribution in [3.05, 3.63) is 45.8 Å². The Labute approximate surface area is 118 Å². The molecule has 0 heterocycles. The molecule has 0 bridgehead atoms. The van der Waals surface area contributed by atoms with Crippen molar-refractivity contribution in [1.29, 1.82) is 0 Å². The third-order valence-corrected chi connectivity index (χ3v) is 2.34. The largest absolute Gasteiger partial charge is 0.500 e. The van der Waals surface area contributed by atoms with Gasteiger partial charge in [-0.1, -0.05) is 6.92 Å². The van der Waals surface area contributed by atoms with Gasteiger partial charge in [0.25, 0.3) is 5.69 Å². The van der Waals surface area contributed by atoms with Crippen LogP contribution in [0, 0.1) is 10.1 Å². The van der Waals surface area contributed by atoms with E-state index >= 15 is 0 Å². The van der Waals surface area contributed by atoms with Crippen molar-refractivity contribution in [2.45, 2.75) is 13.3 Å². The molecular formula is C12H11N3O6. The van der Waals surface area contributed by atoms with E-state index in [2.05, 4.69) is 10.2 Å². The van der Waals surface area contributed by atoms with Crippen LogP contribution in [0.3, 0.4) is 0 Å². The molecule has 0 fully saturated rings. The summed E-state index contributed by atoms with van der Waals surface area (Å²) in [6.45, 7) is 1.47. The fourth-order valence-corrected chi connectivity index (χ4v) is 1.25. The third-order valence-electron chi connectivity index (χ3n) is 2.34. The van der Waals surface area contributed by atoms with Gasteiger partial charge >= 0.3 is 5.97 Å². The molecule has 1 aromatic carbocycles. The molecule has 0 unspecified atom stereocenters. The minimum Gasteiger partial charge on any atom is -0.500 e. The quantitative estimate of drug-likeness (QED) is 0.271. The molecule has 0 atom stereocenters. The van der Waals surface area contributed by atoms with Gasteiger partial charge in [0.15, 0.2) is 11.5 Å². The first kappa shape index (κ1) is 16.0. The van der Waals surface area contributed by atoms with E-state index in [1.165, 1.54) is 31.2 Å². The highest BCUT2D eigenvalue weighted by Crippen LogP contribution is 2.20. The molecule has 21 heavy (non-hydrogen) atoms. The Kier molecular flexibility index (Phi) is 5.24. The molecule has 2 N–H and O–H groups in total. The van der Waals surface area contributed by atoms with Crippen molar-refractivity contribution in [2.24, 2.45) is 10.2 Å². The lowest BCUT2D eigenvalue weighted by atomic mass is 10.2. The molecule has 0 aliphatic carbocycles. The Morgan fingerprint density at radius 1 is 1.24 bits per heavy atom. The first-order chi connectivity index (χ1) is 9.86. The highest BCUT2D eigenvalue weighted by Gasteiger charge is 2.18. The van der Waals surface area contributed by atoms with Gasteiger partial charge in [-0.15, -0.1) is 5.11 Å². The minimum atomic E-state index is -1.70. The van der Waals surface area contributed by atoms with Gasteiger partial charge in [0.1, 0.15) is 0 Å². The van der Waals surface area contributed by atoms with E-state index in [-0.39, 0.29) is 17.8 Å². The molecule has 1 aromatic rings. The predicted molar refractivity (Wildman–Crippen MR) is 70.2 cm³/mol. The number of hydrogen-bond donors (Lipinski definition) is 2. The van der Waals surface area contributed by atoms with Crippen LogP contribution in [0.15, 0.2) is 46.0 Å². The molecule has 0 spiro atoms. The highest BCUT2D eigenvalue weighted by atomic mass is 16.6. The van der Waals surface area contributed by atoms with Crippen molar-refractivity contribution in [3.8, 4) is 0 Å². The van der Waals surface area contributed by atoms with Gasteiger partial charge in [-0.25, -0.2) is 4.79 Å². The number of carbonyl (C=O) groups excluding carboxylic acids is 1. The SMILES string of the molecule is CCC(=O)/C(N=Nc1ccc([N+](=O)[O-])cc1)=C(/O)C(=O)O. The highest BCUT2D eigenvalue weighted by molar-refractivity contribution is 6.01. The van der Waals surface area contributed by atoms with Crippen LogP contribution in [0.25, 0.3) is 0 Å². The number of benzene rings is 1. The number of nitrogens with zero attached hydrogens (tertiary/aromatic N) is 3. The van der Waals surface area contributed by atoms with Crippen molar-refractivity contribution >= 4 is 23.1 Å². The fraction of sp³-hybridized carbons (Fsp3) is 0.167. The van der Waals surface area contributed by atoms with Crippen LogP contribution in [0.1, 0.15) is 13.3 Å². The standard InChI is InChI=1S/C12H11N3O6/c1-2-9(16)10(11(17)12(18)19)14-13-7-3-5-8(6-4-7)15(20)21/h3-6,17H,2H2,1H3,(H,18,19)/b11-10-,14-13?. The summed E-state index contributed by atoms with van der Waals surface area (Å²) in [7, 11) is 0. The Hall–Kier alpha value is -3.10. The molecular weight excluding hydrogens is 282 g/mol. The van der Waals surface area contributed by atoms with Gasteiger partial charge in [0, 0.05) is 18.6 Å². The van der Waals surface area contributed by atoms with Crippen LogP contribution >= 0.6 is 0 Å². The molecule has 0 saturated carbocycles. The monoisotopic (exact) mass is 293 g/mol. The Morgan fingerprint density at radius 2 is 1.81 bits per heavy atom. The Bertz CT molecular complexity index is 633. The van der Waals surface area contributed by atoms with Crippen LogP contribution in [-0.4, -0.2) is 26.9 Å². The van der Waals surface area contributed by atoms with Gasteiger partial charge < -0.3 is 10.2 Å². The number of carbonyl (C=O) groups is 2. The number of ketones is 1. The average molecular weight is 293 g/mol. The maximum Gasteiger partial charge on any atom is 0.373 e. The van der Waals surface area contributed by atoms with Crippen LogP contribution in [0.5, 0.6) is 0 Å². The van der Waals surface area contributed by atoms with Gasteiger partial charge in [-0.2, -0.15) is 5.11 Å². The van der Waals surface area contributed by atoms with E-state index in [1.54, 1.807) is 0 Å². The second-order valence-corrected chi connectivity index (χ2v) is 3.75. The van der Waals surface area contributed by atoms with Crippen molar-refractivity contribution in [1.82, 2.24) is 0 Å². The van der Waals surface area contributed by atoms with Crippen LogP contribution in [0.4, 0.5) is 11.4 Å². The number of Topliss-reactive ketones (excluding diaryl/α,β-unsaturated/α-hetero) is 1. The number of carboxylic acid groups (broad SMARTS) is 1. The topological polar surface area (TPSA) is 142 Å². The number of nitro groups is 1. The molecule has 9 nitrogen and oxygen atoms in total. The average Bonchev–Trinajstić information content (AvgIpc) is 2.47. The summed E-state index contributed by atoms with van der Waals surface area (Å²) in [5, 5.41) is 35.4. The van der Waals surface area contributed by atoms with E-state index in [0.717, 1.165) is 0 Å². The zero-order valence-corrected chi connectivity index (χ0v) is 10.9. The number of carboxylic acids is 1. The number of nitro benzene ring substituents is 1. The van der Waals surface area contributed by atoms with Crippen molar-refractivity contribution in [2.75, 3.05) is 0 Å². The predicted octanol–water partition coefficient (Wildman–Crippen LogP) is 2.51. The Balaban J connectivity index is 3.09. The molecule has 0 aromatic heterocycles. The number of hydrogen-bond acceptors (Lipinski definition) is 7. The second-order valence-electron chi connectivity index (χ2n) is 3.75. The van der Waals surface area contributed by atoms with Gasteiger partial charge in [0.05, 0.1) is 10.6 Å². The van der Waals surface area contributed by atoms with E-state index in [1.807, 2.05) is 0 Å². The normalized spacial score (nSPS) is 12.0. The van der Waals surface area contributed by atoms with Crippen LogP contribution < -0.4 is 0 Å².